The zero-order valence-corrected chi connectivity index (χ0v) is 11.8. The van der Waals surface area contributed by atoms with Gasteiger partial charge in [0.05, 0.1) is 6.54 Å². The molecule has 0 amide bonds. The molecule has 1 saturated heterocycles. The summed E-state index contributed by atoms with van der Waals surface area (Å²) in [5.41, 5.74) is 2.08. The molecule has 2 unspecified atom stereocenters. The average Bonchev–Trinajstić information content (AvgIpc) is 2.89. The van der Waals surface area contributed by atoms with E-state index < -0.39 is 0 Å². The minimum absolute atomic E-state index is 0.285. The summed E-state index contributed by atoms with van der Waals surface area (Å²) in [7, 11) is 0. The first-order valence-corrected chi connectivity index (χ1v) is 7.58. The molecule has 1 aliphatic heterocycles. The molecule has 3 rings (SSSR count). The van der Waals surface area contributed by atoms with Crippen molar-refractivity contribution in [3.8, 4) is 0 Å². The van der Waals surface area contributed by atoms with Crippen LogP contribution in [0.25, 0.3) is 0 Å². The van der Waals surface area contributed by atoms with Gasteiger partial charge in [0.1, 0.15) is 0 Å². The van der Waals surface area contributed by atoms with Gasteiger partial charge < -0.3 is 0 Å². The predicted molar refractivity (Wildman–Crippen MR) is 77.4 cm³/mol. The van der Waals surface area contributed by atoms with E-state index in [4.69, 9.17) is 0 Å². The summed E-state index contributed by atoms with van der Waals surface area (Å²) in [4.78, 5) is 14.8. The topological polar surface area (TPSA) is 20.3 Å². The van der Waals surface area contributed by atoms with Gasteiger partial charge >= 0.3 is 0 Å². The molecule has 0 bridgehead atoms. The number of hydrogen-bond donors (Lipinski definition) is 0. The predicted octanol–water partition coefficient (Wildman–Crippen LogP) is 3.44. The van der Waals surface area contributed by atoms with Crippen LogP contribution in [-0.4, -0.2) is 29.8 Å². The Morgan fingerprint density at radius 3 is 2.68 bits per heavy atom. The van der Waals surface area contributed by atoms with Crippen LogP contribution in [0, 0.1) is 12.8 Å². The van der Waals surface area contributed by atoms with Crippen LogP contribution in [0.2, 0.25) is 0 Å². The van der Waals surface area contributed by atoms with Crippen LogP contribution < -0.4 is 0 Å². The second-order valence-electron chi connectivity index (χ2n) is 6.16. The molecule has 0 N–H and O–H groups in total. The number of likely N-dealkylation sites (tertiary alicyclic amines) is 1. The van der Waals surface area contributed by atoms with Crippen LogP contribution in [0.15, 0.2) is 24.3 Å². The van der Waals surface area contributed by atoms with Crippen molar-refractivity contribution in [2.45, 2.75) is 45.1 Å². The number of piperidine rings is 1. The molecule has 0 spiro atoms. The minimum atomic E-state index is 0.285. The number of nitrogens with zero attached hydrogens (tertiary/aromatic N) is 1. The molecule has 102 valence electrons. The first-order chi connectivity index (χ1) is 9.24. The van der Waals surface area contributed by atoms with E-state index in [9.17, 15) is 4.79 Å². The number of hydrogen-bond acceptors (Lipinski definition) is 2. The number of rotatable bonds is 3. The third kappa shape index (κ3) is 2.74. The van der Waals surface area contributed by atoms with Gasteiger partial charge in [0.2, 0.25) is 0 Å². The van der Waals surface area contributed by atoms with Gasteiger partial charge in [-0.15, -0.1) is 0 Å². The molecule has 0 radical (unpaired) electrons. The largest absolute Gasteiger partial charge is 0.293 e. The van der Waals surface area contributed by atoms with Crippen LogP contribution >= 0.6 is 0 Å². The van der Waals surface area contributed by atoms with E-state index in [1.165, 1.54) is 37.7 Å². The average molecular weight is 257 g/mol. The van der Waals surface area contributed by atoms with Crippen LogP contribution in [0.5, 0.6) is 0 Å². The molecule has 2 heteroatoms. The molecule has 1 aromatic rings. The molecule has 2 nitrogen and oxygen atoms in total. The van der Waals surface area contributed by atoms with E-state index in [2.05, 4.69) is 11.8 Å². The monoisotopic (exact) mass is 257 g/mol. The van der Waals surface area contributed by atoms with E-state index in [0.717, 1.165) is 18.0 Å². The zero-order chi connectivity index (χ0) is 13.2. The van der Waals surface area contributed by atoms with E-state index >= 15 is 0 Å². The Kier molecular flexibility index (Phi) is 3.69. The van der Waals surface area contributed by atoms with Crippen molar-refractivity contribution in [2.24, 2.45) is 5.92 Å². The molecular weight excluding hydrogens is 234 g/mol. The highest BCUT2D eigenvalue weighted by Crippen LogP contribution is 2.36. The third-order valence-electron chi connectivity index (χ3n) is 4.83. The highest BCUT2D eigenvalue weighted by molar-refractivity contribution is 5.97. The van der Waals surface area contributed by atoms with Gasteiger partial charge in [-0.05, 0) is 45.1 Å². The van der Waals surface area contributed by atoms with E-state index in [1.807, 2.05) is 24.3 Å². The molecule has 2 aliphatic rings. The highest BCUT2D eigenvalue weighted by Gasteiger charge is 2.35. The van der Waals surface area contributed by atoms with E-state index in [0.29, 0.717) is 12.6 Å². The Morgan fingerprint density at radius 2 is 1.89 bits per heavy atom. The summed E-state index contributed by atoms with van der Waals surface area (Å²) < 4.78 is 0. The Morgan fingerprint density at radius 1 is 1.16 bits per heavy atom. The normalized spacial score (nSPS) is 27.2. The van der Waals surface area contributed by atoms with Crippen molar-refractivity contribution in [1.29, 1.82) is 0 Å². The van der Waals surface area contributed by atoms with Crippen molar-refractivity contribution in [3.05, 3.63) is 35.4 Å². The van der Waals surface area contributed by atoms with Gasteiger partial charge in [-0.25, -0.2) is 0 Å². The Hall–Kier alpha value is -1.15. The zero-order valence-electron chi connectivity index (χ0n) is 11.8. The first-order valence-electron chi connectivity index (χ1n) is 7.58. The fraction of sp³-hybridized carbons (Fsp3) is 0.588. The minimum Gasteiger partial charge on any atom is -0.293 e. The highest BCUT2D eigenvalue weighted by atomic mass is 16.1. The summed E-state index contributed by atoms with van der Waals surface area (Å²) in [6, 6.07) is 8.67. The second-order valence-corrected chi connectivity index (χ2v) is 6.16. The Bertz CT molecular complexity index is 451. The van der Waals surface area contributed by atoms with Gasteiger partial charge in [-0.3, -0.25) is 9.69 Å². The number of benzene rings is 1. The summed E-state index contributed by atoms with van der Waals surface area (Å²) in [5, 5.41) is 0. The molecule has 1 aromatic carbocycles. The molecule has 0 aromatic heterocycles. The number of Topliss-reactive ketones (excluding diaryl/α,β-unsaturated/α-hetero) is 1. The summed E-state index contributed by atoms with van der Waals surface area (Å²) in [5.74, 6) is 1.15. The quantitative estimate of drug-likeness (QED) is 0.773. The second kappa shape index (κ2) is 5.46. The molecule has 2 atom stereocenters. The van der Waals surface area contributed by atoms with Crippen molar-refractivity contribution < 1.29 is 4.79 Å². The molecule has 2 fully saturated rings. The van der Waals surface area contributed by atoms with Crippen LogP contribution in [-0.2, 0) is 0 Å². The lowest BCUT2D eigenvalue weighted by Gasteiger charge is -2.37. The summed E-state index contributed by atoms with van der Waals surface area (Å²) >= 11 is 0. The SMILES string of the molecule is Cc1ccc(C(=O)CN2CCCC3CCCC32)cc1. The fourth-order valence-electron chi connectivity index (χ4n) is 3.77. The van der Waals surface area contributed by atoms with E-state index in [-0.39, 0.29) is 5.78 Å². The van der Waals surface area contributed by atoms with Gasteiger partial charge in [0.15, 0.2) is 5.78 Å². The van der Waals surface area contributed by atoms with E-state index in [1.54, 1.807) is 0 Å². The lowest BCUT2D eigenvalue weighted by atomic mass is 9.91. The lowest BCUT2D eigenvalue weighted by Crippen LogP contribution is -2.45. The molecule has 1 aliphatic carbocycles. The Labute approximate surface area is 115 Å². The van der Waals surface area contributed by atoms with Gasteiger partial charge in [-0.1, -0.05) is 36.2 Å². The summed E-state index contributed by atoms with van der Waals surface area (Å²) in [6.07, 6.45) is 6.67. The van der Waals surface area contributed by atoms with Gasteiger partial charge in [0, 0.05) is 11.6 Å². The molecule has 1 heterocycles. The Balaban J connectivity index is 1.67. The molecule has 1 saturated carbocycles. The number of aryl methyl sites for hydroxylation is 1. The summed E-state index contributed by atoms with van der Waals surface area (Å²) in [6.45, 7) is 3.78. The lowest BCUT2D eigenvalue weighted by molar-refractivity contribution is 0.0777. The molecular formula is C17H23NO. The van der Waals surface area contributed by atoms with Crippen molar-refractivity contribution in [3.63, 3.8) is 0 Å². The number of carbonyl (C=O) groups is 1. The maximum absolute atomic E-state index is 12.4. The number of ketones is 1. The maximum Gasteiger partial charge on any atom is 0.176 e. The standard InChI is InChI=1S/C17H23NO/c1-13-7-9-15(10-8-13)17(19)12-18-11-3-5-14-4-2-6-16(14)18/h7-10,14,16H,2-6,11-12H2,1H3. The number of fused-ring (bicyclic) bond motifs is 1. The van der Waals surface area contributed by atoms with Crippen LogP contribution in [0.3, 0.4) is 0 Å². The first kappa shape index (κ1) is 12.9. The smallest absolute Gasteiger partial charge is 0.176 e. The van der Waals surface area contributed by atoms with Crippen molar-refractivity contribution >= 4 is 5.78 Å². The third-order valence-corrected chi connectivity index (χ3v) is 4.83. The van der Waals surface area contributed by atoms with Gasteiger partial charge in [0.25, 0.3) is 0 Å². The maximum atomic E-state index is 12.4. The van der Waals surface area contributed by atoms with Crippen molar-refractivity contribution in [2.75, 3.05) is 13.1 Å². The molecule has 19 heavy (non-hydrogen) atoms. The fourth-order valence-corrected chi connectivity index (χ4v) is 3.77. The van der Waals surface area contributed by atoms with Crippen LogP contribution in [0.1, 0.15) is 48.0 Å². The number of carbonyl (C=O) groups excluding carboxylic acids is 1. The van der Waals surface area contributed by atoms with Gasteiger partial charge in [-0.2, -0.15) is 0 Å². The van der Waals surface area contributed by atoms with Crippen molar-refractivity contribution in [1.82, 2.24) is 4.90 Å². The van der Waals surface area contributed by atoms with Crippen LogP contribution in [0.4, 0.5) is 0 Å².